The lowest BCUT2D eigenvalue weighted by Crippen LogP contribution is -2.56. The summed E-state index contributed by atoms with van der Waals surface area (Å²) in [4.78, 5) is 0. The predicted molar refractivity (Wildman–Crippen MR) is 59.2 cm³/mol. The standard InChI is InChI=1S/C13H17NO2/c1-2-12-13(6-3-9(1)16-12)10-5-8-15-11(10)4-7-14-13/h5,8-9,12,14H,1-4,6-7H2. The first-order valence-electron chi connectivity index (χ1n) is 6.36. The second kappa shape index (κ2) is 3.11. The average Bonchev–Trinajstić information content (AvgIpc) is 2.93. The van der Waals surface area contributed by atoms with Gasteiger partial charge < -0.3 is 14.5 Å². The molecule has 0 amide bonds. The molecule has 0 aliphatic carbocycles. The molecule has 3 atom stereocenters. The molecule has 2 saturated heterocycles. The van der Waals surface area contributed by atoms with E-state index in [0.717, 1.165) is 13.0 Å². The van der Waals surface area contributed by atoms with Gasteiger partial charge in [-0.05, 0) is 31.7 Å². The van der Waals surface area contributed by atoms with Crippen molar-refractivity contribution in [3.63, 3.8) is 0 Å². The number of fused-ring (bicyclic) bond motifs is 5. The normalized spacial score (nSPS) is 41.2. The number of nitrogens with one attached hydrogen (secondary N) is 1. The van der Waals surface area contributed by atoms with Crippen LogP contribution >= 0.6 is 0 Å². The van der Waals surface area contributed by atoms with Crippen LogP contribution in [0.4, 0.5) is 0 Å². The number of furan rings is 1. The molecule has 4 rings (SSSR count). The summed E-state index contributed by atoms with van der Waals surface area (Å²) in [6.07, 6.45) is 8.56. The lowest BCUT2D eigenvalue weighted by atomic mass is 9.77. The molecule has 4 heterocycles. The van der Waals surface area contributed by atoms with E-state index in [1.807, 2.05) is 6.26 Å². The third-order valence-corrected chi connectivity index (χ3v) is 4.54. The Morgan fingerprint density at radius 1 is 1.31 bits per heavy atom. The molecule has 2 bridgehead atoms. The fraction of sp³-hybridized carbons (Fsp3) is 0.692. The second-order valence-corrected chi connectivity index (χ2v) is 5.27. The highest BCUT2D eigenvalue weighted by molar-refractivity contribution is 5.33. The SMILES string of the molecule is c1cc2c(o1)CCNC21CCC2CCC1O2. The molecule has 16 heavy (non-hydrogen) atoms. The van der Waals surface area contributed by atoms with Crippen molar-refractivity contribution >= 4 is 0 Å². The van der Waals surface area contributed by atoms with Crippen LogP contribution in [-0.4, -0.2) is 18.8 Å². The molecule has 1 aromatic heterocycles. The average molecular weight is 219 g/mol. The van der Waals surface area contributed by atoms with E-state index in [4.69, 9.17) is 9.15 Å². The predicted octanol–water partition coefficient (Wildman–Crippen LogP) is 1.96. The molecule has 0 aromatic carbocycles. The quantitative estimate of drug-likeness (QED) is 0.724. The van der Waals surface area contributed by atoms with E-state index in [2.05, 4.69) is 11.4 Å². The summed E-state index contributed by atoms with van der Waals surface area (Å²) in [6.45, 7) is 1.02. The van der Waals surface area contributed by atoms with E-state index in [0.29, 0.717) is 12.2 Å². The van der Waals surface area contributed by atoms with E-state index >= 15 is 0 Å². The van der Waals surface area contributed by atoms with Crippen molar-refractivity contribution in [2.45, 2.75) is 49.9 Å². The Bertz CT molecular complexity index is 414. The Kier molecular flexibility index (Phi) is 1.80. The molecule has 3 aliphatic heterocycles. The Morgan fingerprint density at radius 2 is 2.31 bits per heavy atom. The van der Waals surface area contributed by atoms with Gasteiger partial charge in [-0.3, -0.25) is 0 Å². The summed E-state index contributed by atoms with van der Waals surface area (Å²) in [7, 11) is 0. The number of ether oxygens (including phenoxy) is 1. The maximum Gasteiger partial charge on any atom is 0.110 e. The molecule has 1 spiro atoms. The molecule has 0 radical (unpaired) electrons. The van der Waals surface area contributed by atoms with Gasteiger partial charge in [0.2, 0.25) is 0 Å². The zero-order valence-corrected chi connectivity index (χ0v) is 9.37. The molecule has 3 nitrogen and oxygen atoms in total. The second-order valence-electron chi connectivity index (χ2n) is 5.27. The zero-order valence-electron chi connectivity index (χ0n) is 9.37. The fourth-order valence-electron chi connectivity index (χ4n) is 3.77. The summed E-state index contributed by atoms with van der Waals surface area (Å²) in [5, 5.41) is 3.72. The molecule has 3 unspecified atom stereocenters. The highest BCUT2D eigenvalue weighted by Crippen LogP contribution is 2.47. The first-order valence-corrected chi connectivity index (χ1v) is 6.36. The molecule has 3 heteroatoms. The van der Waals surface area contributed by atoms with Crippen molar-refractivity contribution in [3.8, 4) is 0 Å². The largest absolute Gasteiger partial charge is 0.469 e. The van der Waals surface area contributed by atoms with Gasteiger partial charge in [0.25, 0.3) is 0 Å². The van der Waals surface area contributed by atoms with Crippen molar-refractivity contribution in [2.75, 3.05) is 6.54 Å². The molecule has 3 aliphatic rings. The van der Waals surface area contributed by atoms with E-state index in [1.54, 1.807) is 0 Å². The monoisotopic (exact) mass is 219 g/mol. The Balaban J connectivity index is 1.82. The number of hydrogen-bond donors (Lipinski definition) is 1. The molecule has 86 valence electrons. The van der Waals surface area contributed by atoms with Crippen LogP contribution < -0.4 is 5.32 Å². The summed E-state index contributed by atoms with van der Waals surface area (Å²) in [5.41, 5.74) is 1.43. The Labute approximate surface area is 95.2 Å². The lowest BCUT2D eigenvalue weighted by molar-refractivity contribution is -0.0648. The van der Waals surface area contributed by atoms with E-state index in [1.165, 1.54) is 37.0 Å². The van der Waals surface area contributed by atoms with E-state index in [9.17, 15) is 0 Å². The van der Waals surface area contributed by atoms with Gasteiger partial charge in [-0.25, -0.2) is 0 Å². The van der Waals surface area contributed by atoms with Gasteiger partial charge in [-0.2, -0.15) is 0 Å². The molecule has 0 saturated carbocycles. The first-order chi connectivity index (χ1) is 7.88. The lowest BCUT2D eigenvalue weighted by Gasteiger charge is -2.45. The van der Waals surface area contributed by atoms with Gasteiger partial charge in [0.15, 0.2) is 0 Å². The van der Waals surface area contributed by atoms with Gasteiger partial charge in [-0.1, -0.05) is 0 Å². The van der Waals surface area contributed by atoms with Crippen molar-refractivity contribution < 1.29 is 9.15 Å². The summed E-state index contributed by atoms with van der Waals surface area (Å²) >= 11 is 0. The highest BCUT2D eigenvalue weighted by atomic mass is 16.5. The smallest absolute Gasteiger partial charge is 0.110 e. The molecule has 1 N–H and O–H groups in total. The van der Waals surface area contributed by atoms with Crippen LogP contribution in [0.3, 0.4) is 0 Å². The molecular formula is C13H17NO2. The van der Waals surface area contributed by atoms with Gasteiger partial charge in [0.1, 0.15) is 5.76 Å². The van der Waals surface area contributed by atoms with Crippen LogP contribution in [0.1, 0.15) is 37.0 Å². The van der Waals surface area contributed by atoms with E-state index in [-0.39, 0.29) is 5.54 Å². The van der Waals surface area contributed by atoms with Gasteiger partial charge in [0.05, 0.1) is 24.0 Å². The van der Waals surface area contributed by atoms with Crippen LogP contribution in [-0.2, 0) is 16.7 Å². The van der Waals surface area contributed by atoms with Crippen LogP contribution in [0.2, 0.25) is 0 Å². The van der Waals surface area contributed by atoms with Gasteiger partial charge in [0, 0.05) is 18.5 Å². The van der Waals surface area contributed by atoms with Crippen molar-refractivity contribution in [1.82, 2.24) is 5.32 Å². The van der Waals surface area contributed by atoms with Crippen molar-refractivity contribution in [2.24, 2.45) is 0 Å². The summed E-state index contributed by atoms with van der Waals surface area (Å²) in [5.74, 6) is 1.17. The van der Waals surface area contributed by atoms with Crippen molar-refractivity contribution in [3.05, 3.63) is 23.7 Å². The van der Waals surface area contributed by atoms with E-state index < -0.39 is 0 Å². The van der Waals surface area contributed by atoms with Crippen molar-refractivity contribution in [1.29, 1.82) is 0 Å². The van der Waals surface area contributed by atoms with Crippen LogP contribution in [0.5, 0.6) is 0 Å². The Morgan fingerprint density at radius 3 is 3.31 bits per heavy atom. The zero-order chi connectivity index (χ0) is 10.6. The Hall–Kier alpha value is -0.800. The molecular weight excluding hydrogens is 202 g/mol. The maximum absolute atomic E-state index is 6.11. The number of hydrogen-bond acceptors (Lipinski definition) is 3. The minimum absolute atomic E-state index is 0.0631. The number of rotatable bonds is 0. The first kappa shape index (κ1) is 9.25. The van der Waals surface area contributed by atoms with Gasteiger partial charge >= 0.3 is 0 Å². The third-order valence-electron chi connectivity index (χ3n) is 4.54. The maximum atomic E-state index is 6.11. The minimum atomic E-state index is 0.0631. The topological polar surface area (TPSA) is 34.4 Å². The van der Waals surface area contributed by atoms with Crippen LogP contribution in [0, 0.1) is 0 Å². The summed E-state index contributed by atoms with van der Waals surface area (Å²) < 4.78 is 11.7. The molecule has 1 aromatic rings. The minimum Gasteiger partial charge on any atom is -0.469 e. The summed E-state index contributed by atoms with van der Waals surface area (Å²) in [6, 6.07) is 2.14. The van der Waals surface area contributed by atoms with Gasteiger partial charge in [-0.15, -0.1) is 0 Å². The molecule has 2 fully saturated rings. The van der Waals surface area contributed by atoms with Crippen LogP contribution in [0.25, 0.3) is 0 Å². The highest BCUT2D eigenvalue weighted by Gasteiger charge is 2.51. The van der Waals surface area contributed by atoms with Crippen LogP contribution in [0.15, 0.2) is 16.7 Å². The fourth-order valence-corrected chi connectivity index (χ4v) is 3.77. The third kappa shape index (κ3) is 1.05.